The first-order valence-corrected chi connectivity index (χ1v) is 11.3. The van der Waals surface area contributed by atoms with Gasteiger partial charge in [0.15, 0.2) is 5.78 Å². The Kier molecular flexibility index (Phi) is 15.1. The Morgan fingerprint density at radius 2 is 1.45 bits per heavy atom. The van der Waals surface area contributed by atoms with E-state index in [0.29, 0.717) is 19.4 Å². The molecule has 3 N–H and O–H groups in total. The van der Waals surface area contributed by atoms with Gasteiger partial charge in [-0.1, -0.05) is 41.5 Å². The number of nitrogens with one attached hydrogen (secondary N) is 3. The smallest absolute Gasteiger partial charge is 0.242 e. The molecule has 0 aliphatic rings. The number of ketones is 1. The Hall–Kier alpha value is -1.96. The predicted octanol–water partition coefficient (Wildman–Crippen LogP) is 2.74. The number of rotatable bonds is 13. The second-order valence-corrected chi connectivity index (χ2v) is 8.62. The molecule has 3 amide bonds. The summed E-state index contributed by atoms with van der Waals surface area (Å²) >= 11 is 0. The number of carbonyl (C=O) groups excluding carboxylic acids is 4. The molecule has 0 aromatic carbocycles. The average Bonchev–Trinajstić information content (AvgIpc) is 2.72. The fraction of sp³-hybridized carbons (Fsp3) is 0.826. The zero-order valence-corrected chi connectivity index (χ0v) is 21.2. The lowest BCUT2D eigenvalue weighted by atomic mass is 9.88. The molecule has 0 aliphatic carbocycles. The lowest BCUT2D eigenvalue weighted by Crippen LogP contribution is -2.51. The molecule has 2 unspecified atom stereocenters. The van der Waals surface area contributed by atoms with Gasteiger partial charge in [-0.05, 0) is 40.5 Å². The van der Waals surface area contributed by atoms with Gasteiger partial charge in [-0.25, -0.2) is 0 Å². The van der Waals surface area contributed by atoms with Gasteiger partial charge >= 0.3 is 0 Å². The molecule has 0 fully saturated rings. The van der Waals surface area contributed by atoms with Crippen molar-refractivity contribution in [1.29, 1.82) is 0 Å². The van der Waals surface area contributed by atoms with E-state index in [4.69, 9.17) is 4.74 Å². The molecular weight excluding hydrogens is 398 g/mol. The van der Waals surface area contributed by atoms with E-state index in [9.17, 15) is 19.2 Å². The van der Waals surface area contributed by atoms with E-state index < -0.39 is 29.3 Å². The number of amides is 3. The van der Waals surface area contributed by atoms with Crippen LogP contribution in [0.2, 0.25) is 0 Å². The summed E-state index contributed by atoms with van der Waals surface area (Å²) in [5.41, 5.74) is -0.939. The van der Waals surface area contributed by atoms with Gasteiger partial charge in [-0.3, -0.25) is 19.2 Å². The van der Waals surface area contributed by atoms with Gasteiger partial charge in [0.1, 0.15) is 6.04 Å². The molecule has 0 spiro atoms. The van der Waals surface area contributed by atoms with Crippen LogP contribution >= 0.6 is 0 Å². The minimum atomic E-state index is -0.794. The van der Waals surface area contributed by atoms with E-state index in [1.807, 2.05) is 34.6 Å². The second-order valence-electron chi connectivity index (χ2n) is 8.62. The summed E-state index contributed by atoms with van der Waals surface area (Å²) in [6.45, 7) is 18.7. The van der Waals surface area contributed by atoms with Crippen molar-refractivity contribution < 1.29 is 23.9 Å². The van der Waals surface area contributed by atoms with Gasteiger partial charge in [0.2, 0.25) is 17.7 Å². The summed E-state index contributed by atoms with van der Waals surface area (Å²) < 4.78 is 5.81. The highest BCUT2D eigenvalue weighted by molar-refractivity contribution is 5.93. The van der Waals surface area contributed by atoms with Crippen LogP contribution in [0.3, 0.4) is 0 Å². The molecule has 0 heterocycles. The van der Waals surface area contributed by atoms with Gasteiger partial charge in [0.05, 0.1) is 18.2 Å². The maximum atomic E-state index is 12.5. The summed E-state index contributed by atoms with van der Waals surface area (Å²) in [5.74, 6) is -1.27. The number of Topliss-reactive ketones (excluding diaryl/α,β-unsaturated/α-hetero) is 1. The van der Waals surface area contributed by atoms with Crippen LogP contribution in [0.4, 0.5) is 0 Å². The maximum Gasteiger partial charge on any atom is 0.242 e. The van der Waals surface area contributed by atoms with Crippen molar-refractivity contribution in [3.8, 4) is 0 Å². The van der Waals surface area contributed by atoms with E-state index in [0.717, 1.165) is 6.42 Å². The van der Waals surface area contributed by atoms with Gasteiger partial charge in [-0.15, -0.1) is 0 Å². The van der Waals surface area contributed by atoms with Gasteiger partial charge in [-0.2, -0.15) is 0 Å². The van der Waals surface area contributed by atoms with Crippen molar-refractivity contribution in [2.45, 2.75) is 106 Å². The first-order valence-electron chi connectivity index (χ1n) is 11.3. The minimum absolute atomic E-state index is 0.0844. The van der Waals surface area contributed by atoms with Crippen molar-refractivity contribution in [2.24, 2.45) is 5.41 Å². The molecule has 182 valence electrons. The van der Waals surface area contributed by atoms with E-state index in [-0.39, 0.29) is 23.8 Å². The quantitative estimate of drug-likeness (QED) is 0.405. The van der Waals surface area contributed by atoms with E-state index in [1.165, 1.54) is 0 Å². The standard InChI is InChI=1S/C21H39N3O5.C2H6/c1-9-16(25)14(3)23-17(26)13-22-18(27)15(4)24-19(28)20(5,6)11-12-29-21(7,8)10-2;1-2/h14-15H,9-13H2,1-8H3,(H,22,27)(H,23,26)(H,24,28);1-2H3. The van der Waals surface area contributed by atoms with Crippen LogP contribution in [0.15, 0.2) is 0 Å². The van der Waals surface area contributed by atoms with Gasteiger partial charge in [0.25, 0.3) is 0 Å². The number of ether oxygens (including phenoxy) is 1. The molecule has 0 aromatic heterocycles. The van der Waals surface area contributed by atoms with Gasteiger partial charge in [0, 0.05) is 18.4 Å². The molecule has 0 radical (unpaired) electrons. The zero-order valence-electron chi connectivity index (χ0n) is 21.2. The topological polar surface area (TPSA) is 114 Å². The molecule has 2 atom stereocenters. The zero-order chi connectivity index (χ0) is 24.8. The normalized spacial score (nSPS) is 13.2. The number of hydrogen-bond donors (Lipinski definition) is 3. The molecule has 0 aromatic rings. The third kappa shape index (κ3) is 13.1. The van der Waals surface area contributed by atoms with Crippen LogP contribution in [0.1, 0.15) is 88.5 Å². The molecule has 0 bridgehead atoms. The number of hydrogen-bond acceptors (Lipinski definition) is 5. The molecular formula is C23H45N3O5. The van der Waals surface area contributed by atoms with E-state index in [1.54, 1.807) is 34.6 Å². The largest absolute Gasteiger partial charge is 0.376 e. The first kappa shape index (κ1) is 31.2. The summed E-state index contributed by atoms with van der Waals surface area (Å²) in [4.78, 5) is 48.0. The van der Waals surface area contributed by atoms with Crippen LogP contribution in [-0.4, -0.2) is 54.3 Å². The van der Waals surface area contributed by atoms with Crippen LogP contribution in [0, 0.1) is 5.41 Å². The van der Waals surface area contributed by atoms with Crippen LogP contribution in [0.5, 0.6) is 0 Å². The predicted molar refractivity (Wildman–Crippen MR) is 124 cm³/mol. The highest BCUT2D eigenvalue weighted by Crippen LogP contribution is 2.23. The Morgan fingerprint density at radius 3 is 1.94 bits per heavy atom. The molecule has 0 rings (SSSR count). The lowest BCUT2D eigenvalue weighted by Gasteiger charge is -2.29. The van der Waals surface area contributed by atoms with Gasteiger partial charge < -0.3 is 20.7 Å². The van der Waals surface area contributed by atoms with Crippen molar-refractivity contribution in [3.05, 3.63) is 0 Å². The minimum Gasteiger partial charge on any atom is -0.376 e. The Bertz CT molecular complexity index is 588. The molecule has 0 aliphatic heterocycles. The summed E-state index contributed by atoms with van der Waals surface area (Å²) in [7, 11) is 0. The molecule has 0 saturated carbocycles. The summed E-state index contributed by atoms with van der Waals surface area (Å²) in [6.07, 6.45) is 1.71. The Morgan fingerprint density at radius 1 is 0.903 bits per heavy atom. The second kappa shape index (κ2) is 14.9. The molecule has 8 heteroatoms. The maximum absolute atomic E-state index is 12.5. The number of carbonyl (C=O) groups is 4. The third-order valence-corrected chi connectivity index (χ3v) is 5.06. The van der Waals surface area contributed by atoms with E-state index >= 15 is 0 Å². The van der Waals surface area contributed by atoms with Crippen molar-refractivity contribution in [3.63, 3.8) is 0 Å². The third-order valence-electron chi connectivity index (χ3n) is 5.06. The highest BCUT2D eigenvalue weighted by Gasteiger charge is 2.30. The van der Waals surface area contributed by atoms with Crippen molar-refractivity contribution in [2.75, 3.05) is 13.2 Å². The van der Waals surface area contributed by atoms with Crippen LogP contribution in [-0.2, 0) is 23.9 Å². The summed E-state index contributed by atoms with van der Waals surface area (Å²) in [6, 6.07) is -1.39. The Labute approximate surface area is 188 Å². The SMILES string of the molecule is CC.CCC(=O)C(C)NC(=O)CNC(=O)C(C)NC(=O)C(C)(C)CCOC(C)(C)CC. The molecule has 0 saturated heterocycles. The average molecular weight is 444 g/mol. The van der Waals surface area contributed by atoms with Crippen molar-refractivity contribution >= 4 is 23.5 Å². The molecule has 8 nitrogen and oxygen atoms in total. The monoisotopic (exact) mass is 443 g/mol. The highest BCUT2D eigenvalue weighted by atomic mass is 16.5. The Balaban J connectivity index is 0. The van der Waals surface area contributed by atoms with Crippen LogP contribution in [0.25, 0.3) is 0 Å². The molecule has 31 heavy (non-hydrogen) atoms. The van der Waals surface area contributed by atoms with Crippen molar-refractivity contribution in [1.82, 2.24) is 16.0 Å². The summed E-state index contributed by atoms with van der Waals surface area (Å²) in [5, 5.41) is 7.68. The fourth-order valence-electron chi connectivity index (χ4n) is 2.26. The fourth-order valence-corrected chi connectivity index (χ4v) is 2.26. The lowest BCUT2D eigenvalue weighted by molar-refractivity contribution is -0.135. The van der Waals surface area contributed by atoms with E-state index in [2.05, 4.69) is 16.0 Å². The first-order chi connectivity index (χ1) is 14.3. The van der Waals surface area contributed by atoms with Crippen LogP contribution < -0.4 is 16.0 Å².